The van der Waals surface area contributed by atoms with Crippen LogP contribution in [0.25, 0.3) is 0 Å². The van der Waals surface area contributed by atoms with Gasteiger partial charge in [0, 0.05) is 0 Å². The topological polar surface area (TPSA) is 108 Å². The van der Waals surface area contributed by atoms with E-state index in [0.29, 0.717) is 24.2 Å². The van der Waals surface area contributed by atoms with Crippen LogP contribution in [-0.4, -0.2) is 49.3 Å². The third-order valence-electron chi connectivity index (χ3n) is 15.6. The van der Waals surface area contributed by atoms with Crippen LogP contribution in [0.3, 0.4) is 0 Å². The lowest BCUT2D eigenvalue weighted by atomic mass is 9.32. The maximum absolute atomic E-state index is 14.2. The minimum absolute atomic E-state index is 0.000573. The summed E-state index contributed by atoms with van der Waals surface area (Å²) < 4.78 is 23.1. The van der Waals surface area contributed by atoms with Gasteiger partial charge in [0.2, 0.25) is 6.79 Å². The lowest BCUT2D eigenvalue weighted by Crippen LogP contribution is -2.67. The summed E-state index contributed by atoms with van der Waals surface area (Å²) in [6, 6.07) is 0. The lowest BCUT2D eigenvalue weighted by Gasteiger charge is -2.72. The van der Waals surface area contributed by atoms with Crippen LogP contribution < -0.4 is 0 Å². The molecule has 5 aliphatic carbocycles. The number of aliphatic hydroxyl groups is 1. The first-order chi connectivity index (χ1) is 23.0. The average molecular weight is 701 g/mol. The molecule has 5 rings (SSSR count). The summed E-state index contributed by atoms with van der Waals surface area (Å²) in [4.78, 5) is 39.1. The SMILES string of the molecule is C=C(CO)C1CC[C@]2(C(=O)OCOC(=O)C(C)(C)C)CC[C@]3(C)C(CCC4[C@@]5(C)CC[C@H](OCOC(=O)C(C)(C)C)C(C)(C)C5CC[C@]43C)C12. The summed E-state index contributed by atoms with van der Waals surface area (Å²) >= 11 is 0. The molecule has 5 unspecified atom stereocenters. The van der Waals surface area contributed by atoms with Crippen LogP contribution in [0.2, 0.25) is 0 Å². The van der Waals surface area contributed by atoms with Crippen molar-refractivity contribution in [3.05, 3.63) is 12.2 Å². The van der Waals surface area contributed by atoms with E-state index in [1.807, 2.05) is 20.8 Å². The molecule has 8 heteroatoms. The molecule has 0 amide bonds. The number of carbonyl (C=O) groups is 3. The molecule has 284 valence electrons. The van der Waals surface area contributed by atoms with E-state index in [4.69, 9.17) is 18.9 Å². The van der Waals surface area contributed by atoms with Crippen LogP contribution in [0.15, 0.2) is 12.2 Å². The van der Waals surface area contributed by atoms with Crippen molar-refractivity contribution in [1.82, 2.24) is 0 Å². The van der Waals surface area contributed by atoms with E-state index in [2.05, 4.69) is 41.2 Å². The van der Waals surface area contributed by atoms with E-state index in [0.717, 1.165) is 63.4 Å². The molecule has 0 radical (unpaired) electrons. The maximum atomic E-state index is 14.2. The highest BCUT2D eigenvalue weighted by Gasteiger charge is 2.72. The Labute approximate surface area is 302 Å². The van der Waals surface area contributed by atoms with Gasteiger partial charge in [-0.15, -0.1) is 0 Å². The number of rotatable bonds is 8. The molecule has 0 bridgehead atoms. The number of aliphatic hydroxyl groups excluding tert-OH is 1. The van der Waals surface area contributed by atoms with Gasteiger partial charge >= 0.3 is 17.9 Å². The summed E-state index contributed by atoms with van der Waals surface area (Å²) in [5, 5.41) is 10.3. The molecule has 5 saturated carbocycles. The van der Waals surface area contributed by atoms with Crippen LogP contribution in [-0.2, 0) is 33.3 Å². The molecule has 8 nitrogen and oxygen atoms in total. The largest absolute Gasteiger partial charge is 0.438 e. The predicted octanol–water partition coefficient (Wildman–Crippen LogP) is 8.64. The summed E-state index contributed by atoms with van der Waals surface area (Å²) in [7, 11) is 0. The van der Waals surface area contributed by atoms with E-state index < -0.39 is 22.2 Å². The van der Waals surface area contributed by atoms with Crippen molar-refractivity contribution in [2.75, 3.05) is 20.2 Å². The van der Waals surface area contributed by atoms with Crippen LogP contribution in [0.4, 0.5) is 0 Å². The second-order valence-electron chi connectivity index (χ2n) is 20.4. The van der Waals surface area contributed by atoms with E-state index in [-0.39, 0.29) is 71.7 Å². The fraction of sp³-hybridized carbons (Fsp3) is 0.881. The number of carbonyl (C=O) groups excluding carboxylic acids is 3. The van der Waals surface area contributed by atoms with E-state index in [1.54, 1.807) is 20.8 Å². The third kappa shape index (κ3) is 6.18. The smallest absolute Gasteiger partial charge is 0.315 e. The molecule has 1 N–H and O–H groups in total. The fourth-order valence-electron chi connectivity index (χ4n) is 12.7. The number of esters is 3. The Morgan fingerprint density at radius 3 is 1.92 bits per heavy atom. The Morgan fingerprint density at radius 1 is 0.700 bits per heavy atom. The molecule has 5 aliphatic rings. The standard InChI is InChI=1S/C42H68O8/c1-26(23-43)27-15-20-42(35(46)50-25-49-34(45)37(5,6)7)22-21-40(11)28(32(27)42)13-14-30-39(10)18-17-31(47-24-48-33(44)36(2,3)4)38(8,9)29(39)16-19-41(30,40)12/h27-32,43H,1,13-25H2,2-12H3/t27?,28?,29?,30?,31-,32?,39-,40+,41+,42-/m0/s1. The molecule has 0 aromatic carbocycles. The Morgan fingerprint density at radius 2 is 1.32 bits per heavy atom. The lowest BCUT2D eigenvalue weighted by molar-refractivity contribution is -0.258. The summed E-state index contributed by atoms with van der Waals surface area (Å²) in [5.74, 6) is 0.510. The minimum Gasteiger partial charge on any atom is -0.438 e. The number of hydrogen-bond donors (Lipinski definition) is 1. The Bertz CT molecular complexity index is 1340. The minimum atomic E-state index is -0.677. The zero-order valence-electron chi connectivity index (χ0n) is 33.2. The Hall–Kier alpha value is -1.93. The summed E-state index contributed by atoms with van der Waals surface area (Å²) in [6.45, 7) is 27.2. The van der Waals surface area contributed by atoms with Gasteiger partial charge in [-0.2, -0.15) is 0 Å². The molecule has 0 heterocycles. The van der Waals surface area contributed by atoms with Crippen molar-refractivity contribution in [3.63, 3.8) is 0 Å². The Kier molecular flexibility index (Phi) is 10.4. The summed E-state index contributed by atoms with van der Waals surface area (Å²) in [5.41, 5.74) is -0.922. The average Bonchev–Trinajstić information content (AvgIpc) is 3.42. The predicted molar refractivity (Wildman–Crippen MR) is 192 cm³/mol. The van der Waals surface area contributed by atoms with Gasteiger partial charge in [0.1, 0.15) is 0 Å². The van der Waals surface area contributed by atoms with E-state index >= 15 is 0 Å². The molecule has 50 heavy (non-hydrogen) atoms. The monoisotopic (exact) mass is 700 g/mol. The molecular weight excluding hydrogens is 632 g/mol. The zero-order chi connectivity index (χ0) is 37.3. The molecule has 0 aliphatic heterocycles. The van der Waals surface area contributed by atoms with Crippen molar-refractivity contribution >= 4 is 17.9 Å². The second kappa shape index (κ2) is 13.2. The molecule has 0 aromatic heterocycles. The van der Waals surface area contributed by atoms with E-state index in [1.165, 1.54) is 0 Å². The van der Waals surface area contributed by atoms with Crippen molar-refractivity contribution in [3.8, 4) is 0 Å². The Balaban J connectivity index is 1.38. The summed E-state index contributed by atoms with van der Waals surface area (Å²) in [6.07, 6.45) is 9.64. The fourth-order valence-corrected chi connectivity index (χ4v) is 12.7. The van der Waals surface area contributed by atoms with Gasteiger partial charge in [0.05, 0.1) is 29.0 Å². The highest BCUT2D eigenvalue weighted by Crippen LogP contribution is 2.77. The first-order valence-corrected chi connectivity index (χ1v) is 19.4. The van der Waals surface area contributed by atoms with Gasteiger partial charge in [-0.25, -0.2) is 0 Å². The van der Waals surface area contributed by atoms with Crippen LogP contribution in [0, 0.1) is 67.5 Å². The quantitative estimate of drug-likeness (QED) is 0.152. The van der Waals surface area contributed by atoms with Crippen molar-refractivity contribution in [2.45, 2.75) is 146 Å². The van der Waals surface area contributed by atoms with Crippen molar-refractivity contribution in [2.24, 2.45) is 67.5 Å². The molecule has 10 atom stereocenters. The number of hydrogen-bond acceptors (Lipinski definition) is 8. The van der Waals surface area contributed by atoms with Crippen LogP contribution in [0.1, 0.15) is 140 Å². The zero-order valence-corrected chi connectivity index (χ0v) is 33.2. The first kappa shape index (κ1) is 39.3. The third-order valence-corrected chi connectivity index (χ3v) is 15.6. The van der Waals surface area contributed by atoms with Crippen LogP contribution in [0.5, 0.6) is 0 Å². The number of fused-ring (bicyclic) bond motifs is 7. The molecular formula is C42H68O8. The maximum Gasteiger partial charge on any atom is 0.315 e. The molecule has 0 aromatic rings. The van der Waals surface area contributed by atoms with Gasteiger partial charge in [-0.05, 0) is 163 Å². The van der Waals surface area contributed by atoms with Crippen molar-refractivity contribution < 1.29 is 38.4 Å². The van der Waals surface area contributed by atoms with Crippen LogP contribution >= 0.6 is 0 Å². The molecule has 0 spiro atoms. The highest BCUT2D eigenvalue weighted by atomic mass is 16.7. The number of ether oxygens (including phenoxy) is 4. The first-order valence-electron chi connectivity index (χ1n) is 19.4. The van der Waals surface area contributed by atoms with Gasteiger partial charge < -0.3 is 24.1 Å². The molecule has 5 fully saturated rings. The van der Waals surface area contributed by atoms with Gasteiger partial charge in [0.25, 0.3) is 0 Å². The van der Waals surface area contributed by atoms with Gasteiger partial charge in [-0.1, -0.05) is 41.2 Å². The normalized spacial score (nSPS) is 40.7. The highest BCUT2D eigenvalue weighted by molar-refractivity contribution is 5.79. The second-order valence-corrected chi connectivity index (χ2v) is 20.4. The van der Waals surface area contributed by atoms with E-state index in [9.17, 15) is 19.5 Å². The van der Waals surface area contributed by atoms with Gasteiger partial charge in [-0.3, -0.25) is 14.4 Å². The van der Waals surface area contributed by atoms with Gasteiger partial charge in [0.15, 0.2) is 6.79 Å². The van der Waals surface area contributed by atoms with Crippen molar-refractivity contribution in [1.29, 1.82) is 0 Å². The molecule has 0 saturated heterocycles.